The van der Waals surface area contributed by atoms with E-state index in [-0.39, 0.29) is 5.78 Å². The van der Waals surface area contributed by atoms with Crippen molar-refractivity contribution in [2.24, 2.45) is 0 Å². The summed E-state index contributed by atoms with van der Waals surface area (Å²) in [6.07, 6.45) is 1.23. The number of hydrogen-bond acceptors (Lipinski definition) is 4. The highest BCUT2D eigenvalue weighted by atomic mass is 32.2. The van der Waals surface area contributed by atoms with Crippen molar-refractivity contribution in [1.82, 2.24) is 9.21 Å². The maximum Gasteiger partial charge on any atom is 0.211 e. The Morgan fingerprint density at radius 3 is 2.29 bits per heavy atom. The summed E-state index contributed by atoms with van der Waals surface area (Å²) in [5.41, 5.74) is 2.90. The van der Waals surface area contributed by atoms with E-state index in [0.717, 1.165) is 16.7 Å². The lowest BCUT2D eigenvalue weighted by Gasteiger charge is -2.32. The van der Waals surface area contributed by atoms with Crippen LogP contribution < -0.4 is 0 Å². The monoisotopic (exact) mass is 310 g/mol. The molecule has 21 heavy (non-hydrogen) atoms. The maximum atomic E-state index is 12.3. The van der Waals surface area contributed by atoms with E-state index in [2.05, 4.69) is 0 Å². The summed E-state index contributed by atoms with van der Waals surface area (Å²) in [6, 6.07) is 5.83. The summed E-state index contributed by atoms with van der Waals surface area (Å²) in [4.78, 5) is 14.4. The minimum Gasteiger partial charge on any atom is -0.293 e. The number of sulfonamides is 1. The number of ketones is 1. The van der Waals surface area contributed by atoms with Gasteiger partial charge in [-0.15, -0.1) is 0 Å². The Kier molecular flexibility index (Phi) is 4.81. The second-order valence-corrected chi connectivity index (χ2v) is 7.66. The van der Waals surface area contributed by atoms with Gasteiger partial charge in [0.05, 0.1) is 12.8 Å². The lowest BCUT2D eigenvalue weighted by molar-refractivity contribution is 0.0901. The molecule has 0 unspecified atom stereocenters. The molecule has 0 radical (unpaired) electrons. The van der Waals surface area contributed by atoms with Gasteiger partial charge in [0.25, 0.3) is 0 Å². The normalized spacial score (nSPS) is 17.9. The number of hydrogen-bond donors (Lipinski definition) is 0. The highest BCUT2D eigenvalue weighted by molar-refractivity contribution is 7.88. The first-order valence-electron chi connectivity index (χ1n) is 7.05. The van der Waals surface area contributed by atoms with Crippen LogP contribution in [0.1, 0.15) is 21.5 Å². The zero-order valence-corrected chi connectivity index (χ0v) is 13.6. The molecule has 0 spiro atoms. The first kappa shape index (κ1) is 16.1. The molecule has 0 bridgehead atoms. The van der Waals surface area contributed by atoms with Crippen molar-refractivity contribution in [3.05, 3.63) is 34.9 Å². The van der Waals surface area contributed by atoms with Crippen LogP contribution in [0, 0.1) is 13.8 Å². The molecular formula is C15H22N2O3S. The molecule has 0 N–H and O–H groups in total. The molecule has 0 atom stereocenters. The highest BCUT2D eigenvalue weighted by Gasteiger charge is 2.24. The molecule has 0 saturated carbocycles. The lowest BCUT2D eigenvalue weighted by atomic mass is 10.0. The van der Waals surface area contributed by atoms with Gasteiger partial charge in [-0.2, -0.15) is 4.31 Å². The predicted octanol–water partition coefficient (Wildman–Crippen LogP) is 1.06. The van der Waals surface area contributed by atoms with E-state index in [1.807, 2.05) is 36.9 Å². The summed E-state index contributed by atoms with van der Waals surface area (Å²) >= 11 is 0. The van der Waals surface area contributed by atoms with E-state index >= 15 is 0 Å². The largest absolute Gasteiger partial charge is 0.293 e. The molecule has 116 valence electrons. The number of carbonyl (C=O) groups excluding carboxylic acids is 1. The first-order chi connectivity index (χ1) is 9.77. The van der Waals surface area contributed by atoms with Gasteiger partial charge in [-0.05, 0) is 19.4 Å². The van der Waals surface area contributed by atoms with Crippen molar-refractivity contribution in [3.63, 3.8) is 0 Å². The molecule has 1 aromatic carbocycles. The average Bonchev–Trinajstić information content (AvgIpc) is 2.38. The molecule has 5 nitrogen and oxygen atoms in total. The van der Waals surface area contributed by atoms with Crippen LogP contribution in [0.4, 0.5) is 0 Å². The third kappa shape index (κ3) is 4.12. The second-order valence-electron chi connectivity index (χ2n) is 5.68. The van der Waals surface area contributed by atoms with Crippen molar-refractivity contribution in [1.29, 1.82) is 0 Å². The van der Waals surface area contributed by atoms with Crippen LogP contribution in [0.25, 0.3) is 0 Å². The van der Waals surface area contributed by atoms with Gasteiger partial charge >= 0.3 is 0 Å². The predicted molar refractivity (Wildman–Crippen MR) is 83.1 cm³/mol. The highest BCUT2D eigenvalue weighted by Crippen LogP contribution is 2.13. The van der Waals surface area contributed by atoms with Crippen molar-refractivity contribution >= 4 is 15.8 Å². The third-order valence-electron chi connectivity index (χ3n) is 3.85. The fourth-order valence-corrected chi connectivity index (χ4v) is 3.46. The second kappa shape index (κ2) is 6.25. The Bertz CT molecular complexity index is 632. The van der Waals surface area contributed by atoms with Gasteiger partial charge in [-0.25, -0.2) is 8.42 Å². The van der Waals surface area contributed by atoms with E-state index in [9.17, 15) is 13.2 Å². The molecule has 0 amide bonds. The first-order valence-corrected chi connectivity index (χ1v) is 8.90. The fourth-order valence-electron chi connectivity index (χ4n) is 2.63. The van der Waals surface area contributed by atoms with Gasteiger partial charge in [-0.3, -0.25) is 9.69 Å². The van der Waals surface area contributed by atoms with Crippen LogP contribution in [0.15, 0.2) is 18.2 Å². The van der Waals surface area contributed by atoms with Gasteiger partial charge < -0.3 is 0 Å². The maximum absolute atomic E-state index is 12.3. The number of carbonyl (C=O) groups is 1. The number of nitrogens with zero attached hydrogens (tertiary/aromatic N) is 2. The van der Waals surface area contributed by atoms with E-state index < -0.39 is 10.0 Å². The van der Waals surface area contributed by atoms with E-state index in [1.54, 1.807) is 0 Å². The summed E-state index contributed by atoms with van der Waals surface area (Å²) in [5.74, 6) is 0.0975. The van der Waals surface area contributed by atoms with Gasteiger partial charge in [-0.1, -0.05) is 23.8 Å². The Balaban J connectivity index is 1.96. The summed E-state index contributed by atoms with van der Waals surface area (Å²) in [7, 11) is -3.12. The Morgan fingerprint density at radius 1 is 1.14 bits per heavy atom. The molecule has 1 saturated heterocycles. The summed E-state index contributed by atoms with van der Waals surface area (Å²) in [5, 5.41) is 0. The van der Waals surface area contributed by atoms with Crippen LogP contribution >= 0.6 is 0 Å². The van der Waals surface area contributed by atoms with Crippen LogP contribution in [0.5, 0.6) is 0 Å². The molecule has 0 aromatic heterocycles. The minimum absolute atomic E-state index is 0.0975. The topological polar surface area (TPSA) is 57.7 Å². The van der Waals surface area contributed by atoms with Gasteiger partial charge in [0.1, 0.15) is 0 Å². The van der Waals surface area contributed by atoms with Gasteiger partial charge in [0, 0.05) is 31.7 Å². The smallest absolute Gasteiger partial charge is 0.211 e. The molecule has 6 heteroatoms. The molecule has 1 aliphatic heterocycles. The van der Waals surface area contributed by atoms with Crippen molar-refractivity contribution < 1.29 is 13.2 Å². The number of Topliss-reactive ketones (excluding diaryl/α,β-unsaturated/α-hetero) is 1. The number of rotatable bonds is 4. The van der Waals surface area contributed by atoms with Gasteiger partial charge in [0.2, 0.25) is 10.0 Å². The number of benzene rings is 1. The Labute approximate surface area is 126 Å². The molecule has 0 aliphatic carbocycles. The average molecular weight is 310 g/mol. The SMILES string of the molecule is Cc1ccc(C(=O)CN2CCN(S(C)(=O)=O)CC2)c(C)c1. The van der Waals surface area contributed by atoms with Crippen molar-refractivity contribution in [2.75, 3.05) is 39.0 Å². The zero-order chi connectivity index (χ0) is 15.6. The molecule has 1 heterocycles. The summed E-state index contributed by atoms with van der Waals surface area (Å²) in [6.45, 7) is 6.42. The molecule has 1 aromatic rings. The van der Waals surface area contributed by atoms with E-state index in [4.69, 9.17) is 0 Å². The van der Waals surface area contributed by atoms with Crippen molar-refractivity contribution in [2.45, 2.75) is 13.8 Å². The van der Waals surface area contributed by atoms with Crippen molar-refractivity contribution in [3.8, 4) is 0 Å². The fraction of sp³-hybridized carbons (Fsp3) is 0.533. The van der Waals surface area contributed by atoms with E-state index in [0.29, 0.717) is 32.7 Å². The van der Waals surface area contributed by atoms with Crippen LogP contribution in [-0.4, -0.2) is 62.4 Å². The molecule has 1 aliphatic rings. The van der Waals surface area contributed by atoms with Crippen LogP contribution in [0.2, 0.25) is 0 Å². The number of piperazine rings is 1. The van der Waals surface area contributed by atoms with Crippen LogP contribution in [-0.2, 0) is 10.0 Å². The third-order valence-corrected chi connectivity index (χ3v) is 5.15. The van der Waals surface area contributed by atoms with Crippen LogP contribution in [0.3, 0.4) is 0 Å². The molecule has 2 rings (SSSR count). The quantitative estimate of drug-likeness (QED) is 0.781. The molecule has 1 fully saturated rings. The number of aryl methyl sites for hydroxylation is 2. The lowest BCUT2D eigenvalue weighted by Crippen LogP contribution is -2.49. The molecular weight excluding hydrogens is 288 g/mol. The standard InChI is InChI=1S/C15H22N2O3S/c1-12-4-5-14(13(2)10-12)15(18)11-16-6-8-17(9-7-16)21(3,19)20/h4-5,10H,6-9,11H2,1-3H3. The summed E-state index contributed by atoms with van der Waals surface area (Å²) < 4.78 is 24.4. The van der Waals surface area contributed by atoms with Gasteiger partial charge in [0.15, 0.2) is 5.78 Å². The van der Waals surface area contributed by atoms with E-state index in [1.165, 1.54) is 10.6 Å². The minimum atomic E-state index is -3.12. The Hall–Kier alpha value is -1.24. The Morgan fingerprint density at radius 2 is 1.76 bits per heavy atom. The zero-order valence-electron chi connectivity index (χ0n) is 12.8.